The fourth-order valence-electron chi connectivity index (χ4n) is 4.00. The van der Waals surface area contributed by atoms with Gasteiger partial charge in [0.2, 0.25) is 0 Å². The largest absolute Gasteiger partial charge is 0.383 e. The predicted octanol–water partition coefficient (Wildman–Crippen LogP) is 3.63. The molecule has 25 heavy (non-hydrogen) atoms. The molecule has 1 aromatic carbocycles. The quantitative estimate of drug-likeness (QED) is 0.659. The first-order chi connectivity index (χ1) is 12.2. The van der Waals surface area contributed by atoms with Crippen LogP contribution in [0.3, 0.4) is 0 Å². The Labute approximate surface area is 154 Å². The number of amidine groups is 1. The first-order valence-electron chi connectivity index (χ1n) is 9.17. The van der Waals surface area contributed by atoms with Gasteiger partial charge in [-0.05, 0) is 68.4 Å². The molecule has 2 N–H and O–H groups in total. The van der Waals surface area contributed by atoms with Crippen molar-refractivity contribution in [2.75, 3.05) is 31.6 Å². The smallest absolute Gasteiger partial charge is 0.141 e. The van der Waals surface area contributed by atoms with Gasteiger partial charge in [0, 0.05) is 24.8 Å². The molecule has 132 valence electrons. The Morgan fingerprint density at radius 1 is 1.32 bits per heavy atom. The molecular formula is C20H26N4S. The highest BCUT2D eigenvalue weighted by molar-refractivity contribution is 7.12. The van der Waals surface area contributed by atoms with Crippen LogP contribution in [0.4, 0.5) is 11.4 Å². The van der Waals surface area contributed by atoms with E-state index in [-0.39, 0.29) is 0 Å². The highest BCUT2D eigenvalue weighted by Gasteiger charge is 2.24. The summed E-state index contributed by atoms with van der Waals surface area (Å²) >= 11 is 1.63. The molecule has 1 unspecified atom stereocenters. The molecule has 0 radical (unpaired) electrons. The Kier molecular flexibility index (Phi) is 4.77. The van der Waals surface area contributed by atoms with Gasteiger partial charge in [0.15, 0.2) is 0 Å². The molecule has 0 aliphatic carbocycles. The number of thiophene rings is 1. The monoisotopic (exact) mass is 354 g/mol. The minimum atomic E-state index is 0.604. The SMILES string of the molecule is CN1CCCC1CCN1CCc2ccc(N=C(N)c3cccs3)cc21. The molecule has 1 fully saturated rings. The lowest BCUT2D eigenvalue weighted by atomic mass is 10.1. The van der Waals surface area contributed by atoms with Crippen molar-refractivity contribution in [3.8, 4) is 0 Å². The number of nitrogens with zero attached hydrogens (tertiary/aromatic N) is 3. The van der Waals surface area contributed by atoms with Gasteiger partial charge in [-0.1, -0.05) is 12.1 Å². The maximum atomic E-state index is 6.15. The molecule has 0 saturated carbocycles. The van der Waals surface area contributed by atoms with Gasteiger partial charge in [-0.25, -0.2) is 4.99 Å². The van der Waals surface area contributed by atoms with Crippen LogP contribution in [0.5, 0.6) is 0 Å². The molecule has 1 atom stereocenters. The van der Waals surface area contributed by atoms with Gasteiger partial charge in [-0.15, -0.1) is 11.3 Å². The van der Waals surface area contributed by atoms with Crippen LogP contribution in [0.15, 0.2) is 40.7 Å². The molecule has 2 aliphatic rings. The number of rotatable bonds is 5. The summed E-state index contributed by atoms with van der Waals surface area (Å²) in [5.41, 5.74) is 9.89. The summed E-state index contributed by atoms with van der Waals surface area (Å²) in [6.45, 7) is 3.51. The van der Waals surface area contributed by atoms with Crippen molar-refractivity contribution in [1.29, 1.82) is 0 Å². The van der Waals surface area contributed by atoms with Gasteiger partial charge >= 0.3 is 0 Å². The zero-order valence-electron chi connectivity index (χ0n) is 14.8. The summed E-state index contributed by atoms with van der Waals surface area (Å²) in [5.74, 6) is 0.604. The van der Waals surface area contributed by atoms with Gasteiger partial charge in [-0.3, -0.25) is 0 Å². The van der Waals surface area contributed by atoms with E-state index in [2.05, 4.69) is 40.0 Å². The minimum Gasteiger partial charge on any atom is -0.383 e. The molecule has 1 aromatic heterocycles. The molecule has 2 aromatic rings. The van der Waals surface area contributed by atoms with Crippen LogP contribution in [-0.4, -0.2) is 43.5 Å². The second-order valence-corrected chi connectivity index (χ2v) is 8.04. The average Bonchev–Trinajstić information content (AvgIpc) is 3.34. The van der Waals surface area contributed by atoms with E-state index < -0.39 is 0 Å². The third-order valence-corrected chi connectivity index (χ3v) is 6.38. The van der Waals surface area contributed by atoms with E-state index in [1.54, 1.807) is 11.3 Å². The number of fused-ring (bicyclic) bond motifs is 1. The summed E-state index contributed by atoms with van der Waals surface area (Å²) in [7, 11) is 2.26. The minimum absolute atomic E-state index is 0.604. The van der Waals surface area contributed by atoms with Crippen molar-refractivity contribution in [3.63, 3.8) is 0 Å². The standard InChI is InChI=1S/C20H26N4S/c1-23-10-2-4-17(23)9-12-24-11-8-15-6-7-16(14-18(15)24)22-20(21)19-5-3-13-25-19/h3,5-7,13-14,17H,2,4,8-12H2,1H3,(H2,21,22). The van der Waals surface area contributed by atoms with E-state index in [9.17, 15) is 0 Å². The molecule has 1 saturated heterocycles. The highest BCUT2D eigenvalue weighted by atomic mass is 32.1. The van der Waals surface area contributed by atoms with Crippen molar-refractivity contribution >= 4 is 28.5 Å². The third kappa shape index (κ3) is 3.58. The lowest BCUT2D eigenvalue weighted by Crippen LogP contribution is -2.31. The zero-order chi connectivity index (χ0) is 17.2. The maximum Gasteiger partial charge on any atom is 0.141 e. The average molecular weight is 355 g/mol. The van der Waals surface area contributed by atoms with E-state index in [1.165, 1.54) is 37.1 Å². The molecular weight excluding hydrogens is 328 g/mol. The second-order valence-electron chi connectivity index (χ2n) is 7.09. The Bertz CT molecular complexity index is 753. The summed E-state index contributed by atoms with van der Waals surface area (Å²) in [6.07, 6.45) is 5.08. The van der Waals surface area contributed by atoms with Crippen LogP contribution in [-0.2, 0) is 6.42 Å². The van der Waals surface area contributed by atoms with Crippen LogP contribution >= 0.6 is 11.3 Å². The van der Waals surface area contributed by atoms with Crippen molar-refractivity contribution in [2.45, 2.75) is 31.7 Å². The van der Waals surface area contributed by atoms with Crippen molar-refractivity contribution in [3.05, 3.63) is 46.2 Å². The Hall–Kier alpha value is -1.85. The predicted molar refractivity (Wildman–Crippen MR) is 107 cm³/mol. The van der Waals surface area contributed by atoms with Gasteiger partial charge in [-0.2, -0.15) is 0 Å². The summed E-state index contributed by atoms with van der Waals surface area (Å²) < 4.78 is 0. The van der Waals surface area contributed by atoms with Crippen LogP contribution in [0.2, 0.25) is 0 Å². The van der Waals surface area contributed by atoms with Gasteiger partial charge in [0.05, 0.1) is 10.6 Å². The lowest BCUT2D eigenvalue weighted by molar-refractivity contribution is 0.298. The molecule has 0 bridgehead atoms. The van der Waals surface area contributed by atoms with Gasteiger partial charge in [0.1, 0.15) is 5.84 Å². The van der Waals surface area contributed by atoms with Crippen molar-refractivity contribution < 1.29 is 0 Å². The fourth-order valence-corrected chi connectivity index (χ4v) is 4.63. The molecule has 0 spiro atoms. The maximum absolute atomic E-state index is 6.15. The molecule has 0 amide bonds. The van der Waals surface area contributed by atoms with E-state index >= 15 is 0 Å². The first-order valence-corrected chi connectivity index (χ1v) is 10.0. The van der Waals surface area contributed by atoms with Crippen molar-refractivity contribution in [1.82, 2.24) is 4.90 Å². The fraction of sp³-hybridized carbons (Fsp3) is 0.450. The molecule has 4 nitrogen and oxygen atoms in total. The van der Waals surface area contributed by atoms with Gasteiger partial charge in [0.25, 0.3) is 0 Å². The summed E-state index contributed by atoms with van der Waals surface area (Å²) in [4.78, 5) is 10.7. The Morgan fingerprint density at radius 2 is 2.24 bits per heavy atom. The van der Waals surface area contributed by atoms with Gasteiger partial charge < -0.3 is 15.5 Å². The summed E-state index contributed by atoms with van der Waals surface area (Å²) in [5, 5.41) is 2.03. The second kappa shape index (κ2) is 7.18. The van der Waals surface area contributed by atoms with E-state index in [0.717, 1.165) is 36.1 Å². The number of hydrogen-bond acceptors (Lipinski definition) is 4. The number of benzene rings is 1. The number of likely N-dealkylation sites (tertiary alicyclic amines) is 1. The van der Waals surface area contributed by atoms with E-state index in [1.807, 2.05) is 17.5 Å². The van der Waals surface area contributed by atoms with Crippen LogP contribution in [0.1, 0.15) is 29.7 Å². The normalized spacial score (nSPS) is 21.1. The lowest BCUT2D eigenvalue weighted by Gasteiger charge is -2.25. The van der Waals surface area contributed by atoms with E-state index in [4.69, 9.17) is 5.73 Å². The Morgan fingerprint density at radius 3 is 3.00 bits per heavy atom. The highest BCUT2D eigenvalue weighted by Crippen LogP contribution is 2.33. The number of nitrogens with two attached hydrogens (primary N) is 1. The van der Waals surface area contributed by atoms with E-state index in [0.29, 0.717) is 5.84 Å². The zero-order valence-corrected chi connectivity index (χ0v) is 15.6. The van der Waals surface area contributed by atoms with Crippen LogP contribution in [0.25, 0.3) is 0 Å². The van der Waals surface area contributed by atoms with Crippen LogP contribution < -0.4 is 10.6 Å². The Balaban J connectivity index is 1.48. The van der Waals surface area contributed by atoms with Crippen LogP contribution in [0, 0.1) is 0 Å². The number of aliphatic imine (C=N–C) groups is 1. The third-order valence-electron chi connectivity index (χ3n) is 5.49. The molecule has 3 heterocycles. The number of anilines is 1. The summed E-state index contributed by atoms with van der Waals surface area (Å²) in [6, 6.07) is 11.3. The number of hydrogen-bond donors (Lipinski definition) is 1. The topological polar surface area (TPSA) is 44.9 Å². The van der Waals surface area contributed by atoms with Crippen molar-refractivity contribution in [2.24, 2.45) is 10.7 Å². The first kappa shape index (κ1) is 16.6. The molecule has 2 aliphatic heterocycles. The molecule has 4 rings (SSSR count). The molecule has 5 heteroatoms.